The van der Waals surface area contributed by atoms with E-state index >= 15 is 0 Å². The van der Waals surface area contributed by atoms with Gasteiger partial charge in [0.1, 0.15) is 0 Å². The van der Waals surface area contributed by atoms with Crippen LogP contribution in [-0.4, -0.2) is 17.0 Å². The normalized spacial score (nSPS) is 19.6. The highest BCUT2D eigenvalue weighted by molar-refractivity contribution is 14.1. The van der Waals surface area contributed by atoms with Gasteiger partial charge < -0.3 is 5.32 Å². The van der Waals surface area contributed by atoms with Gasteiger partial charge in [-0.2, -0.15) is 0 Å². The number of hydrogen-bond acceptors (Lipinski definition) is 3. The molecular weight excluding hydrogens is 343 g/mol. The molecule has 1 aromatic rings. The zero-order chi connectivity index (χ0) is 12.4. The first-order valence-electron chi connectivity index (χ1n) is 5.80. The number of thioether (sulfide) groups is 1. The summed E-state index contributed by atoms with van der Waals surface area (Å²) < 4.78 is 1.25. The van der Waals surface area contributed by atoms with Crippen LogP contribution in [0.25, 0.3) is 0 Å². The third-order valence-electron chi connectivity index (χ3n) is 2.86. The minimum atomic E-state index is 0.626. The second-order valence-corrected chi connectivity index (χ2v) is 7.10. The zero-order valence-corrected chi connectivity index (χ0v) is 13.3. The van der Waals surface area contributed by atoms with E-state index in [1.165, 1.54) is 14.8 Å². The molecule has 1 N–H and O–H groups in total. The van der Waals surface area contributed by atoms with E-state index in [2.05, 4.69) is 71.9 Å². The van der Waals surface area contributed by atoms with E-state index in [1.54, 1.807) is 0 Å². The van der Waals surface area contributed by atoms with Crippen LogP contribution >= 0.6 is 34.4 Å². The van der Waals surface area contributed by atoms with Gasteiger partial charge in [0.15, 0.2) is 5.17 Å². The van der Waals surface area contributed by atoms with Crippen molar-refractivity contribution in [2.75, 3.05) is 11.9 Å². The molecule has 1 atom stereocenters. The number of nitrogens with one attached hydrogen (secondary N) is 1. The number of aryl methyl sites for hydroxylation is 1. The van der Waals surface area contributed by atoms with Crippen molar-refractivity contribution in [3.05, 3.63) is 27.3 Å². The van der Waals surface area contributed by atoms with Crippen LogP contribution in [0.4, 0.5) is 5.69 Å². The van der Waals surface area contributed by atoms with Gasteiger partial charge in [0.25, 0.3) is 0 Å². The van der Waals surface area contributed by atoms with Gasteiger partial charge in [-0.15, -0.1) is 0 Å². The first-order chi connectivity index (χ1) is 8.06. The summed E-state index contributed by atoms with van der Waals surface area (Å²) in [5.74, 6) is 0.681. The van der Waals surface area contributed by atoms with Crippen molar-refractivity contribution in [1.29, 1.82) is 0 Å². The van der Waals surface area contributed by atoms with E-state index in [4.69, 9.17) is 0 Å². The molecule has 0 fully saturated rings. The largest absolute Gasteiger partial charge is 0.335 e. The lowest BCUT2D eigenvalue weighted by Crippen LogP contribution is -2.13. The minimum absolute atomic E-state index is 0.626. The summed E-state index contributed by atoms with van der Waals surface area (Å²) >= 11 is 4.20. The van der Waals surface area contributed by atoms with Crippen molar-refractivity contribution >= 4 is 45.2 Å². The van der Waals surface area contributed by atoms with Crippen LogP contribution in [0.2, 0.25) is 0 Å². The van der Waals surface area contributed by atoms with Gasteiger partial charge in [-0.1, -0.05) is 31.7 Å². The van der Waals surface area contributed by atoms with E-state index in [1.807, 2.05) is 11.8 Å². The molecule has 0 aliphatic carbocycles. The van der Waals surface area contributed by atoms with Gasteiger partial charge in [-0.25, -0.2) is 0 Å². The summed E-state index contributed by atoms with van der Waals surface area (Å²) in [5.41, 5.74) is 2.44. The van der Waals surface area contributed by atoms with E-state index in [-0.39, 0.29) is 0 Å². The topological polar surface area (TPSA) is 24.4 Å². The van der Waals surface area contributed by atoms with Gasteiger partial charge in [-0.05, 0) is 53.1 Å². The number of rotatable bonds is 2. The van der Waals surface area contributed by atoms with Crippen molar-refractivity contribution < 1.29 is 0 Å². The highest BCUT2D eigenvalue weighted by Crippen LogP contribution is 2.29. The third-order valence-corrected chi connectivity index (χ3v) is 4.98. The van der Waals surface area contributed by atoms with Crippen molar-refractivity contribution in [2.24, 2.45) is 10.9 Å². The molecule has 1 aromatic carbocycles. The number of nitrogens with zero attached hydrogens (tertiary/aromatic N) is 1. The Balaban J connectivity index is 2.05. The highest BCUT2D eigenvalue weighted by Gasteiger charge is 2.22. The molecule has 0 saturated heterocycles. The predicted octanol–water partition coefficient (Wildman–Crippen LogP) is 4.14. The first-order valence-corrected chi connectivity index (χ1v) is 7.76. The monoisotopic (exact) mass is 360 g/mol. The Morgan fingerprint density at radius 1 is 1.47 bits per heavy atom. The molecule has 92 valence electrons. The van der Waals surface area contributed by atoms with Crippen LogP contribution in [0, 0.1) is 16.4 Å². The van der Waals surface area contributed by atoms with Crippen molar-refractivity contribution in [3.8, 4) is 0 Å². The van der Waals surface area contributed by atoms with Gasteiger partial charge in [-0.3, -0.25) is 4.99 Å². The minimum Gasteiger partial charge on any atom is -0.335 e. The average molecular weight is 360 g/mol. The van der Waals surface area contributed by atoms with Crippen LogP contribution < -0.4 is 5.32 Å². The fraction of sp³-hybridized carbons (Fsp3) is 0.462. The van der Waals surface area contributed by atoms with E-state index in [9.17, 15) is 0 Å². The number of aliphatic imine (C=N–C) groups is 1. The Bertz CT molecular complexity index is 443. The molecule has 0 aromatic heterocycles. The van der Waals surface area contributed by atoms with Gasteiger partial charge in [0.2, 0.25) is 0 Å². The average Bonchev–Trinajstić information content (AvgIpc) is 2.72. The molecule has 1 aliphatic heterocycles. The quantitative estimate of drug-likeness (QED) is 0.802. The third kappa shape index (κ3) is 3.37. The summed E-state index contributed by atoms with van der Waals surface area (Å²) in [6.45, 7) is 7.58. The van der Waals surface area contributed by atoms with Crippen LogP contribution in [0.5, 0.6) is 0 Å². The molecule has 0 radical (unpaired) electrons. The Morgan fingerprint density at radius 2 is 2.24 bits per heavy atom. The standard InChI is InChI=1S/C13H17IN2S/c1-8(2)12-7-15-13(17-12)16-11-6-10(14)5-4-9(11)3/h4-6,8,12H,7H2,1-3H3,(H,15,16). The molecule has 17 heavy (non-hydrogen) atoms. The number of anilines is 1. The lowest BCUT2D eigenvalue weighted by atomic mass is 10.1. The molecule has 2 nitrogen and oxygen atoms in total. The van der Waals surface area contributed by atoms with Crippen molar-refractivity contribution in [1.82, 2.24) is 0 Å². The zero-order valence-electron chi connectivity index (χ0n) is 10.3. The maximum absolute atomic E-state index is 4.57. The summed E-state index contributed by atoms with van der Waals surface area (Å²) in [5, 5.41) is 5.13. The van der Waals surface area contributed by atoms with Crippen LogP contribution in [-0.2, 0) is 0 Å². The second kappa shape index (κ2) is 5.61. The molecule has 1 heterocycles. The number of hydrogen-bond donors (Lipinski definition) is 1. The van der Waals surface area contributed by atoms with Crippen molar-refractivity contribution in [2.45, 2.75) is 26.0 Å². The molecule has 0 saturated carbocycles. The van der Waals surface area contributed by atoms with E-state index < -0.39 is 0 Å². The van der Waals surface area contributed by atoms with E-state index in [0.717, 1.165) is 11.7 Å². The van der Waals surface area contributed by atoms with Gasteiger partial charge in [0, 0.05) is 14.5 Å². The molecule has 2 rings (SSSR count). The Labute approximate surface area is 121 Å². The summed E-state index contributed by atoms with van der Waals surface area (Å²) in [7, 11) is 0. The lowest BCUT2D eigenvalue weighted by molar-refractivity contribution is 0.621. The first kappa shape index (κ1) is 13.2. The summed E-state index contributed by atoms with van der Waals surface area (Å²) in [4.78, 5) is 4.57. The molecule has 4 heteroatoms. The molecule has 0 amide bonds. The van der Waals surface area contributed by atoms with Crippen LogP contribution in [0.15, 0.2) is 23.2 Å². The molecule has 1 unspecified atom stereocenters. The fourth-order valence-corrected chi connectivity index (χ4v) is 3.17. The van der Waals surface area contributed by atoms with Crippen LogP contribution in [0.1, 0.15) is 19.4 Å². The number of benzene rings is 1. The SMILES string of the molecule is Cc1ccc(I)cc1NC1=NCC(C(C)C)S1. The Hall–Kier alpha value is -0.230. The molecule has 1 aliphatic rings. The highest BCUT2D eigenvalue weighted by atomic mass is 127. The van der Waals surface area contributed by atoms with Crippen LogP contribution in [0.3, 0.4) is 0 Å². The van der Waals surface area contributed by atoms with E-state index in [0.29, 0.717) is 11.2 Å². The molecule has 0 bridgehead atoms. The van der Waals surface area contributed by atoms with Gasteiger partial charge in [0.05, 0.1) is 6.54 Å². The number of halogens is 1. The second-order valence-electron chi connectivity index (χ2n) is 4.63. The number of amidine groups is 1. The lowest BCUT2D eigenvalue weighted by Gasteiger charge is -2.13. The molecule has 0 spiro atoms. The maximum Gasteiger partial charge on any atom is 0.161 e. The maximum atomic E-state index is 4.57. The van der Waals surface area contributed by atoms with Gasteiger partial charge >= 0.3 is 0 Å². The smallest absolute Gasteiger partial charge is 0.161 e. The Kier molecular flexibility index (Phi) is 4.36. The molecular formula is C13H17IN2S. The van der Waals surface area contributed by atoms with Crippen molar-refractivity contribution in [3.63, 3.8) is 0 Å². The predicted molar refractivity (Wildman–Crippen MR) is 86.0 cm³/mol. The summed E-state index contributed by atoms with van der Waals surface area (Å²) in [6.07, 6.45) is 0. The summed E-state index contributed by atoms with van der Waals surface area (Å²) in [6, 6.07) is 6.44. The Morgan fingerprint density at radius 3 is 2.88 bits per heavy atom. The fourth-order valence-electron chi connectivity index (χ4n) is 1.65.